The predicted molar refractivity (Wildman–Crippen MR) is 131 cm³/mol. The van der Waals surface area contributed by atoms with Crippen LogP contribution in [0.4, 0.5) is 11.4 Å². The van der Waals surface area contributed by atoms with Gasteiger partial charge in [-0.25, -0.2) is 4.63 Å². The average Bonchev–Trinajstić information content (AvgIpc) is 3.39. The number of aromatic nitrogens is 5. The average molecular weight is 483 g/mol. The Labute approximate surface area is 206 Å². The van der Waals surface area contributed by atoms with E-state index in [4.69, 9.17) is 4.63 Å². The van der Waals surface area contributed by atoms with Crippen LogP contribution in [-0.2, 0) is 19.6 Å². The fourth-order valence-corrected chi connectivity index (χ4v) is 3.98. The zero-order valence-corrected chi connectivity index (χ0v) is 19.2. The Morgan fingerprint density at radius 3 is 1.81 bits per heavy atom. The second kappa shape index (κ2) is 10.7. The van der Waals surface area contributed by atoms with E-state index in [1.807, 2.05) is 59.5 Å². The van der Waals surface area contributed by atoms with Gasteiger partial charge in [-0.3, -0.25) is 30.0 Å². The van der Waals surface area contributed by atoms with Crippen LogP contribution < -0.4 is 4.90 Å². The Balaban J connectivity index is 1.53. The molecule has 5 aromatic rings. The van der Waals surface area contributed by atoms with Gasteiger partial charge in [0.15, 0.2) is 5.52 Å². The molecular formula is C25H22N8O3. The molecule has 0 bridgehead atoms. The van der Waals surface area contributed by atoms with Gasteiger partial charge in [-0.2, -0.15) is 0 Å². The van der Waals surface area contributed by atoms with E-state index in [1.54, 1.807) is 24.7 Å². The number of rotatable bonds is 10. The molecule has 180 valence electrons. The number of nitro benzene ring substituents is 1. The van der Waals surface area contributed by atoms with Gasteiger partial charge in [0, 0.05) is 37.7 Å². The van der Waals surface area contributed by atoms with E-state index in [0.29, 0.717) is 37.5 Å². The molecule has 0 unspecified atom stereocenters. The summed E-state index contributed by atoms with van der Waals surface area (Å²) in [6, 6.07) is 20.4. The number of anilines is 1. The molecule has 4 heterocycles. The highest BCUT2D eigenvalue weighted by Crippen LogP contribution is 2.32. The molecule has 0 aliphatic heterocycles. The summed E-state index contributed by atoms with van der Waals surface area (Å²) in [6.07, 6.45) is 5.26. The molecule has 36 heavy (non-hydrogen) atoms. The van der Waals surface area contributed by atoms with Crippen LogP contribution in [-0.4, -0.2) is 41.8 Å². The number of pyridine rings is 3. The first-order valence-corrected chi connectivity index (χ1v) is 11.2. The summed E-state index contributed by atoms with van der Waals surface area (Å²) < 4.78 is 4.91. The zero-order chi connectivity index (χ0) is 24.7. The molecule has 0 N–H and O–H groups in total. The van der Waals surface area contributed by atoms with Crippen LogP contribution in [0.5, 0.6) is 0 Å². The molecule has 0 atom stereocenters. The maximum absolute atomic E-state index is 11.5. The van der Waals surface area contributed by atoms with Crippen LogP contribution in [0.15, 0.2) is 89.9 Å². The van der Waals surface area contributed by atoms with Crippen molar-refractivity contribution >= 4 is 22.4 Å². The zero-order valence-electron chi connectivity index (χ0n) is 19.2. The minimum Gasteiger partial charge on any atom is -0.351 e. The molecule has 0 spiro atoms. The van der Waals surface area contributed by atoms with Gasteiger partial charge in [0.2, 0.25) is 5.52 Å². The summed E-state index contributed by atoms with van der Waals surface area (Å²) in [5.74, 6) is 0. The van der Waals surface area contributed by atoms with Crippen molar-refractivity contribution in [3.63, 3.8) is 0 Å². The van der Waals surface area contributed by atoms with E-state index in [2.05, 4.69) is 30.2 Å². The Hall–Kier alpha value is -4.77. The molecule has 0 amide bonds. The maximum Gasteiger partial charge on any atom is 0.300 e. The molecule has 0 fully saturated rings. The molecule has 0 aliphatic carbocycles. The molecule has 0 radical (unpaired) electrons. The quantitative estimate of drug-likeness (QED) is 0.164. The Morgan fingerprint density at radius 1 is 0.722 bits per heavy atom. The van der Waals surface area contributed by atoms with Crippen molar-refractivity contribution in [1.29, 1.82) is 0 Å². The molecule has 11 heteroatoms. The molecular weight excluding hydrogens is 460 g/mol. The SMILES string of the molecule is O=[N+]([O-])c1ccc(N(Cc2ccccn2)CN(Cc2ccccn2)Cc2ccccn2)c2nonc12. The van der Waals surface area contributed by atoms with E-state index in [9.17, 15) is 10.1 Å². The third-order valence-electron chi connectivity index (χ3n) is 5.58. The summed E-state index contributed by atoms with van der Waals surface area (Å²) in [7, 11) is 0. The lowest BCUT2D eigenvalue weighted by atomic mass is 10.2. The van der Waals surface area contributed by atoms with Crippen molar-refractivity contribution in [2.45, 2.75) is 19.6 Å². The van der Waals surface area contributed by atoms with Crippen molar-refractivity contribution in [2.75, 3.05) is 11.6 Å². The lowest BCUT2D eigenvalue weighted by molar-refractivity contribution is -0.383. The summed E-state index contributed by atoms with van der Waals surface area (Å²) in [5.41, 5.74) is 3.55. The fraction of sp³-hybridized carbons (Fsp3) is 0.160. The number of nitrogens with zero attached hydrogens (tertiary/aromatic N) is 8. The highest BCUT2D eigenvalue weighted by atomic mass is 16.6. The lowest BCUT2D eigenvalue weighted by Gasteiger charge is -2.31. The highest BCUT2D eigenvalue weighted by molar-refractivity contribution is 5.93. The van der Waals surface area contributed by atoms with Gasteiger partial charge in [0.05, 0.1) is 40.9 Å². The molecule has 0 saturated carbocycles. The number of fused-ring (bicyclic) bond motifs is 1. The standard InChI is InChI=1S/C25H22N8O3/c34-33(35)23-11-10-22(24-25(23)30-36-29-24)32(17-21-9-3-6-14-28-21)18-31(15-19-7-1-4-12-26-19)16-20-8-2-5-13-27-20/h1-14H,15-18H2. The Bertz CT molecular complexity index is 1390. The van der Waals surface area contributed by atoms with E-state index < -0.39 is 4.92 Å². The van der Waals surface area contributed by atoms with Crippen LogP contribution in [0.3, 0.4) is 0 Å². The third kappa shape index (κ3) is 5.31. The minimum atomic E-state index is -0.492. The number of hydrogen-bond acceptors (Lipinski definition) is 10. The van der Waals surface area contributed by atoms with Crippen molar-refractivity contribution in [2.24, 2.45) is 0 Å². The molecule has 0 aliphatic rings. The third-order valence-corrected chi connectivity index (χ3v) is 5.58. The summed E-state index contributed by atoms with van der Waals surface area (Å²) >= 11 is 0. The summed E-state index contributed by atoms with van der Waals surface area (Å²) in [5, 5.41) is 19.3. The van der Waals surface area contributed by atoms with Crippen LogP contribution >= 0.6 is 0 Å². The maximum atomic E-state index is 11.5. The van der Waals surface area contributed by atoms with Gasteiger partial charge in [0.25, 0.3) is 0 Å². The van der Waals surface area contributed by atoms with Crippen molar-refractivity contribution < 1.29 is 9.55 Å². The highest BCUT2D eigenvalue weighted by Gasteiger charge is 2.24. The molecule has 4 aromatic heterocycles. The Morgan fingerprint density at radius 2 is 1.28 bits per heavy atom. The molecule has 1 aromatic carbocycles. The van der Waals surface area contributed by atoms with Crippen molar-refractivity contribution in [3.8, 4) is 0 Å². The number of hydrogen-bond donors (Lipinski definition) is 0. The van der Waals surface area contributed by atoms with E-state index in [1.165, 1.54) is 6.07 Å². The first-order chi connectivity index (χ1) is 17.7. The largest absolute Gasteiger partial charge is 0.351 e. The topological polar surface area (TPSA) is 127 Å². The van der Waals surface area contributed by atoms with Gasteiger partial charge in [0.1, 0.15) is 0 Å². The smallest absolute Gasteiger partial charge is 0.300 e. The molecule has 5 rings (SSSR count). The summed E-state index contributed by atoms with van der Waals surface area (Å²) in [6.45, 7) is 1.98. The predicted octanol–water partition coefficient (Wildman–Crippen LogP) is 3.98. The number of benzene rings is 1. The van der Waals surface area contributed by atoms with E-state index in [-0.39, 0.29) is 11.2 Å². The van der Waals surface area contributed by atoms with Crippen molar-refractivity contribution in [3.05, 3.63) is 113 Å². The van der Waals surface area contributed by atoms with Gasteiger partial charge < -0.3 is 4.90 Å². The van der Waals surface area contributed by atoms with Gasteiger partial charge in [-0.05, 0) is 52.8 Å². The first kappa shape index (κ1) is 23.0. The van der Waals surface area contributed by atoms with E-state index >= 15 is 0 Å². The van der Waals surface area contributed by atoms with Gasteiger partial charge >= 0.3 is 5.69 Å². The Kier molecular flexibility index (Phi) is 6.81. The van der Waals surface area contributed by atoms with Crippen LogP contribution in [0, 0.1) is 10.1 Å². The van der Waals surface area contributed by atoms with Crippen LogP contribution in [0.1, 0.15) is 17.1 Å². The second-order valence-corrected chi connectivity index (χ2v) is 8.11. The lowest BCUT2D eigenvalue weighted by Crippen LogP contribution is -2.37. The molecule has 0 saturated heterocycles. The van der Waals surface area contributed by atoms with Gasteiger partial charge in [-0.15, -0.1) is 0 Å². The van der Waals surface area contributed by atoms with Crippen molar-refractivity contribution in [1.82, 2.24) is 30.2 Å². The van der Waals surface area contributed by atoms with Crippen LogP contribution in [0.25, 0.3) is 11.0 Å². The normalized spacial score (nSPS) is 11.1. The number of non-ortho nitro benzene ring substituents is 1. The van der Waals surface area contributed by atoms with Crippen LogP contribution in [0.2, 0.25) is 0 Å². The monoisotopic (exact) mass is 482 g/mol. The van der Waals surface area contributed by atoms with Gasteiger partial charge in [-0.1, -0.05) is 18.2 Å². The fourth-order valence-electron chi connectivity index (χ4n) is 3.98. The summed E-state index contributed by atoms with van der Waals surface area (Å²) in [4.78, 5) is 28.7. The van der Waals surface area contributed by atoms with E-state index in [0.717, 1.165) is 17.1 Å². The minimum absolute atomic E-state index is 0.101. The molecule has 11 nitrogen and oxygen atoms in total. The first-order valence-electron chi connectivity index (χ1n) is 11.2. The number of nitro groups is 1. The second-order valence-electron chi connectivity index (χ2n) is 8.11.